The first kappa shape index (κ1) is 16.2. The minimum atomic E-state index is -0.335. The van der Waals surface area contributed by atoms with Gasteiger partial charge in [0, 0.05) is 12.2 Å². The third-order valence-electron chi connectivity index (χ3n) is 4.00. The number of hydrogen-bond donors (Lipinski definition) is 4. The van der Waals surface area contributed by atoms with Crippen LogP contribution in [-0.4, -0.2) is 51.2 Å². The summed E-state index contributed by atoms with van der Waals surface area (Å²) in [6.07, 6.45) is 10.3. The van der Waals surface area contributed by atoms with E-state index in [1.807, 2.05) is 0 Å². The van der Waals surface area contributed by atoms with Gasteiger partial charge in [-0.05, 0) is 25.9 Å². The second-order valence-electron chi connectivity index (χ2n) is 5.64. The molecule has 0 radical (unpaired) electrons. The van der Waals surface area contributed by atoms with Crippen molar-refractivity contribution in [2.24, 2.45) is 0 Å². The van der Waals surface area contributed by atoms with Crippen molar-refractivity contribution in [1.82, 2.24) is 25.2 Å². The number of nitrogens with one attached hydrogen (secondary N) is 3. The molecule has 1 aliphatic heterocycles. The number of aromatic nitrogens is 3. The fraction of sp³-hybridized carbons (Fsp3) is 0.438. The summed E-state index contributed by atoms with van der Waals surface area (Å²) in [7, 11) is 0. The van der Waals surface area contributed by atoms with Crippen molar-refractivity contribution in [3.63, 3.8) is 0 Å². The molecule has 1 fully saturated rings. The van der Waals surface area contributed by atoms with Crippen LogP contribution in [0.5, 0.6) is 0 Å². The van der Waals surface area contributed by atoms with E-state index in [9.17, 15) is 9.90 Å². The van der Waals surface area contributed by atoms with Crippen LogP contribution in [0.1, 0.15) is 23.2 Å². The van der Waals surface area contributed by atoms with E-state index in [0.717, 1.165) is 25.9 Å². The Bertz CT molecular complexity index is 773. The molecule has 0 bridgehead atoms. The fourth-order valence-electron chi connectivity index (χ4n) is 2.80. The monoisotopic (exact) mass is 328 g/mol. The Morgan fingerprint density at radius 3 is 3.00 bits per heavy atom. The lowest BCUT2D eigenvalue weighted by Crippen LogP contribution is -2.35. The summed E-state index contributed by atoms with van der Waals surface area (Å²) in [5.41, 5.74) is 1.24. The van der Waals surface area contributed by atoms with E-state index in [2.05, 4.69) is 31.8 Å². The smallest absolute Gasteiger partial charge is 0.255 e. The number of carbonyl (C=O) groups is 1. The van der Waals surface area contributed by atoms with Crippen LogP contribution >= 0.6 is 0 Å². The van der Waals surface area contributed by atoms with Crippen LogP contribution in [0.15, 0.2) is 12.4 Å². The SMILES string of the molecule is C#CCNC(=O)c1cn(CO)c2ncc(NC3CCNCC3)nc12. The maximum Gasteiger partial charge on any atom is 0.255 e. The fourth-order valence-corrected chi connectivity index (χ4v) is 2.80. The van der Waals surface area contributed by atoms with Gasteiger partial charge in [0.05, 0.1) is 18.3 Å². The van der Waals surface area contributed by atoms with Crippen LogP contribution in [0.4, 0.5) is 5.82 Å². The molecule has 1 aliphatic rings. The topological polar surface area (TPSA) is 104 Å². The summed E-state index contributed by atoms with van der Waals surface area (Å²) in [4.78, 5) is 21.1. The zero-order valence-corrected chi connectivity index (χ0v) is 13.2. The molecule has 126 valence electrons. The number of aliphatic hydroxyl groups is 1. The van der Waals surface area contributed by atoms with Crippen molar-refractivity contribution in [3.05, 3.63) is 18.0 Å². The van der Waals surface area contributed by atoms with Gasteiger partial charge in [-0.15, -0.1) is 6.42 Å². The van der Waals surface area contributed by atoms with Crippen molar-refractivity contribution in [1.29, 1.82) is 0 Å². The average molecular weight is 328 g/mol. The molecule has 0 unspecified atom stereocenters. The highest BCUT2D eigenvalue weighted by atomic mass is 16.3. The zero-order valence-electron chi connectivity index (χ0n) is 13.2. The predicted molar refractivity (Wildman–Crippen MR) is 90.4 cm³/mol. The van der Waals surface area contributed by atoms with E-state index in [0.29, 0.717) is 28.6 Å². The van der Waals surface area contributed by atoms with Gasteiger partial charge in [0.15, 0.2) is 5.65 Å². The van der Waals surface area contributed by atoms with Crippen LogP contribution in [0.25, 0.3) is 11.2 Å². The normalized spacial score (nSPS) is 15.2. The Labute approximate surface area is 139 Å². The zero-order chi connectivity index (χ0) is 16.9. The number of hydrogen-bond acceptors (Lipinski definition) is 6. The third-order valence-corrected chi connectivity index (χ3v) is 4.00. The van der Waals surface area contributed by atoms with Gasteiger partial charge in [0.2, 0.25) is 0 Å². The van der Waals surface area contributed by atoms with E-state index >= 15 is 0 Å². The molecule has 1 saturated heterocycles. The largest absolute Gasteiger partial charge is 0.376 e. The average Bonchev–Trinajstić information content (AvgIpc) is 2.98. The van der Waals surface area contributed by atoms with Gasteiger partial charge in [-0.3, -0.25) is 4.79 Å². The maximum atomic E-state index is 12.3. The molecule has 1 amide bonds. The second kappa shape index (κ2) is 7.29. The van der Waals surface area contributed by atoms with Crippen LogP contribution in [-0.2, 0) is 6.73 Å². The van der Waals surface area contributed by atoms with Crippen LogP contribution < -0.4 is 16.0 Å². The van der Waals surface area contributed by atoms with Gasteiger partial charge in [-0.1, -0.05) is 5.92 Å². The Morgan fingerprint density at radius 1 is 1.50 bits per heavy atom. The van der Waals surface area contributed by atoms with Crippen molar-refractivity contribution in [2.45, 2.75) is 25.6 Å². The molecular weight excluding hydrogens is 308 g/mol. The number of terminal acetylenes is 1. The summed E-state index contributed by atoms with van der Waals surface area (Å²) in [6.45, 7) is 1.78. The molecule has 0 atom stereocenters. The predicted octanol–water partition coefficient (Wildman–Crippen LogP) is -0.0920. The maximum absolute atomic E-state index is 12.3. The van der Waals surface area contributed by atoms with E-state index in [1.165, 1.54) is 10.8 Å². The van der Waals surface area contributed by atoms with Gasteiger partial charge >= 0.3 is 0 Å². The highest BCUT2D eigenvalue weighted by Crippen LogP contribution is 2.20. The van der Waals surface area contributed by atoms with Crippen LogP contribution in [0.2, 0.25) is 0 Å². The van der Waals surface area contributed by atoms with E-state index in [-0.39, 0.29) is 19.2 Å². The first-order valence-corrected chi connectivity index (χ1v) is 7.88. The van der Waals surface area contributed by atoms with Gasteiger partial charge in [-0.25, -0.2) is 9.97 Å². The minimum absolute atomic E-state index is 0.130. The number of nitrogens with zero attached hydrogens (tertiary/aromatic N) is 3. The number of amides is 1. The van der Waals surface area contributed by atoms with Gasteiger partial charge in [0.1, 0.15) is 18.1 Å². The van der Waals surface area contributed by atoms with Crippen molar-refractivity contribution >= 4 is 22.9 Å². The lowest BCUT2D eigenvalue weighted by Gasteiger charge is -2.23. The molecule has 8 heteroatoms. The molecule has 3 heterocycles. The number of rotatable bonds is 5. The van der Waals surface area contributed by atoms with Gasteiger partial charge in [-0.2, -0.15) is 0 Å². The molecule has 2 aromatic heterocycles. The van der Waals surface area contributed by atoms with Crippen molar-refractivity contribution in [3.8, 4) is 12.3 Å². The lowest BCUT2D eigenvalue weighted by molar-refractivity contribution is 0.0959. The number of anilines is 1. The molecular formula is C16H20N6O2. The highest BCUT2D eigenvalue weighted by molar-refractivity contribution is 6.05. The van der Waals surface area contributed by atoms with E-state index < -0.39 is 0 Å². The summed E-state index contributed by atoms with van der Waals surface area (Å²) < 4.78 is 1.47. The summed E-state index contributed by atoms with van der Waals surface area (Å²) >= 11 is 0. The standard InChI is InChI=1S/C16H20N6O2/c1-2-5-18-16(24)12-9-22(10-23)15-14(12)21-13(8-19-15)20-11-3-6-17-7-4-11/h1,8-9,11,17,23H,3-7,10H2,(H,18,24)(H,20,21). The first-order valence-electron chi connectivity index (χ1n) is 7.88. The molecule has 0 saturated carbocycles. The molecule has 4 N–H and O–H groups in total. The summed E-state index contributed by atoms with van der Waals surface area (Å²) in [5, 5.41) is 18.7. The van der Waals surface area contributed by atoms with Crippen LogP contribution in [0.3, 0.4) is 0 Å². The molecule has 8 nitrogen and oxygen atoms in total. The third kappa shape index (κ3) is 3.32. The highest BCUT2D eigenvalue weighted by Gasteiger charge is 2.19. The van der Waals surface area contributed by atoms with Gasteiger partial charge in [0.25, 0.3) is 5.91 Å². The number of carbonyl (C=O) groups excluding carboxylic acids is 1. The first-order chi connectivity index (χ1) is 11.7. The summed E-state index contributed by atoms with van der Waals surface area (Å²) in [5.74, 6) is 2.65. The summed E-state index contributed by atoms with van der Waals surface area (Å²) in [6, 6.07) is 0.330. The molecule has 2 aromatic rings. The lowest BCUT2D eigenvalue weighted by atomic mass is 10.1. The van der Waals surface area contributed by atoms with Crippen LogP contribution in [0, 0.1) is 12.3 Å². The molecule has 0 spiro atoms. The van der Waals surface area contributed by atoms with Gasteiger partial charge < -0.3 is 25.6 Å². The van der Waals surface area contributed by atoms with E-state index in [4.69, 9.17) is 6.42 Å². The quantitative estimate of drug-likeness (QED) is 0.572. The Hall–Kier alpha value is -2.63. The molecule has 0 aliphatic carbocycles. The molecule has 3 rings (SSSR count). The number of fused-ring (bicyclic) bond motifs is 1. The van der Waals surface area contributed by atoms with Crippen molar-refractivity contribution < 1.29 is 9.90 Å². The minimum Gasteiger partial charge on any atom is -0.376 e. The second-order valence-corrected chi connectivity index (χ2v) is 5.64. The Morgan fingerprint density at radius 2 is 2.29 bits per heavy atom. The van der Waals surface area contributed by atoms with Crippen molar-refractivity contribution in [2.75, 3.05) is 25.0 Å². The van der Waals surface area contributed by atoms with E-state index in [1.54, 1.807) is 6.20 Å². The molecule has 0 aromatic carbocycles. The Kier molecular flexibility index (Phi) is 4.93. The number of aliphatic hydroxyl groups excluding tert-OH is 1. The molecule has 24 heavy (non-hydrogen) atoms. The Balaban J connectivity index is 1.91. The number of piperidine rings is 1.